The van der Waals surface area contributed by atoms with E-state index in [2.05, 4.69) is 35.1 Å². The van der Waals surface area contributed by atoms with E-state index in [-0.39, 0.29) is 11.9 Å². The summed E-state index contributed by atoms with van der Waals surface area (Å²) in [6.07, 6.45) is 1.22. The molecule has 0 aromatic heterocycles. The molecule has 1 N–H and O–H groups in total. The maximum Gasteiger partial charge on any atom is 0.224 e. The van der Waals surface area contributed by atoms with E-state index in [4.69, 9.17) is 11.6 Å². The maximum absolute atomic E-state index is 11.9. The Morgan fingerprint density at radius 1 is 1.44 bits per heavy atom. The Bertz CT molecular complexity index is 395. The summed E-state index contributed by atoms with van der Waals surface area (Å²) in [7, 11) is 0. The zero-order valence-corrected chi connectivity index (χ0v) is 13.1. The number of hydrogen-bond donors (Lipinski definition) is 1. The molecule has 0 aliphatic rings. The van der Waals surface area contributed by atoms with Gasteiger partial charge in [-0.05, 0) is 30.0 Å². The molecule has 4 heteroatoms. The Balaban J connectivity index is 2.55. The first-order valence-electron chi connectivity index (χ1n) is 6.12. The summed E-state index contributed by atoms with van der Waals surface area (Å²) < 4.78 is 0.994. The van der Waals surface area contributed by atoms with Crippen LogP contribution in [0.25, 0.3) is 0 Å². The van der Waals surface area contributed by atoms with E-state index in [0.717, 1.165) is 16.5 Å². The fourth-order valence-electron chi connectivity index (χ4n) is 1.78. The molecule has 0 fully saturated rings. The van der Waals surface area contributed by atoms with Gasteiger partial charge in [-0.3, -0.25) is 4.79 Å². The Morgan fingerprint density at radius 3 is 2.72 bits per heavy atom. The Labute approximate surface area is 122 Å². The molecule has 1 amide bonds. The number of hydrogen-bond acceptors (Lipinski definition) is 1. The van der Waals surface area contributed by atoms with Crippen LogP contribution in [0.1, 0.15) is 25.8 Å². The van der Waals surface area contributed by atoms with Crippen LogP contribution in [0.15, 0.2) is 28.7 Å². The predicted octanol–water partition coefficient (Wildman–Crippen LogP) is 3.76. The molecule has 1 atom stereocenters. The van der Waals surface area contributed by atoms with Gasteiger partial charge in [0.15, 0.2) is 0 Å². The molecule has 0 bridgehead atoms. The predicted molar refractivity (Wildman–Crippen MR) is 80.0 cm³/mol. The number of carbonyl (C=O) groups excluding carboxylic acids is 1. The molecule has 100 valence electrons. The molecular weight excluding hydrogens is 314 g/mol. The van der Waals surface area contributed by atoms with Gasteiger partial charge in [-0.25, -0.2) is 0 Å². The van der Waals surface area contributed by atoms with Gasteiger partial charge in [-0.2, -0.15) is 0 Å². The molecule has 0 spiro atoms. The highest BCUT2D eigenvalue weighted by atomic mass is 79.9. The molecule has 0 heterocycles. The average Bonchev–Trinajstić information content (AvgIpc) is 2.28. The van der Waals surface area contributed by atoms with Crippen molar-refractivity contribution in [2.24, 2.45) is 5.92 Å². The van der Waals surface area contributed by atoms with Gasteiger partial charge in [0.2, 0.25) is 5.91 Å². The van der Waals surface area contributed by atoms with Gasteiger partial charge < -0.3 is 5.32 Å². The molecule has 0 saturated heterocycles. The molecular formula is C14H19BrClNO. The fourth-order valence-corrected chi connectivity index (χ4v) is 2.46. The van der Waals surface area contributed by atoms with Gasteiger partial charge >= 0.3 is 0 Å². The highest BCUT2D eigenvalue weighted by molar-refractivity contribution is 9.10. The summed E-state index contributed by atoms with van der Waals surface area (Å²) in [6, 6.07) is 7.96. The van der Waals surface area contributed by atoms with Crippen molar-refractivity contribution in [3.8, 4) is 0 Å². The number of benzene rings is 1. The highest BCUT2D eigenvalue weighted by Gasteiger charge is 2.15. The third kappa shape index (κ3) is 5.40. The zero-order chi connectivity index (χ0) is 13.5. The van der Waals surface area contributed by atoms with Crippen molar-refractivity contribution >= 4 is 33.4 Å². The Kier molecular flexibility index (Phi) is 6.72. The van der Waals surface area contributed by atoms with Crippen LogP contribution < -0.4 is 5.32 Å². The van der Waals surface area contributed by atoms with Crippen molar-refractivity contribution < 1.29 is 4.79 Å². The van der Waals surface area contributed by atoms with E-state index < -0.39 is 0 Å². The van der Waals surface area contributed by atoms with Crippen LogP contribution in [0.4, 0.5) is 0 Å². The van der Waals surface area contributed by atoms with Crippen LogP contribution in [-0.2, 0) is 11.2 Å². The lowest BCUT2D eigenvalue weighted by Crippen LogP contribution is -2.39. The molecule has 0 saturated carbocycles. The van der Waals surface area contributed by atoms with E-state index in [0.29, 0.717) is 18.2 Å². The summed E-state index contributed by atoms with van der Waals surface area (Å²) in [4.78, 5) is 11.9. The van der Waals surface area contributed by atoms with Gasteiger partial charge in [0, 0.05) is 16.4 Å². The van der Waals surface area contributed by atoms with Crippen molar-refractivity contribution in [1.82, 2.24) is 5.32 Å². The highest BCUT2D eigenvalue weighted by Crippen LogP contribution is 2.13. The summed E-state index contributed by atoms with van der Waals surface area (Å²) in [6.45, 7) is 4.19. The summed E-state index contributed by atoms with van der Waals surface area (Å²) in [5, 5.41) is 3.05. The lowest BCUT2D eigenvalue weighted by molar-refractivity contribution is -0.121. The van der Waals surface area contributed by atoms with E-state index in [9.17, 15) is 4.79 Å². The minimum atomic E-state index is 0.0527. The lowest BCUT2D eigenvalue weighted by atomic mass is 10.0. The number of nitrogens with one attached hydrogen (secondary N) is 1. The zero-order valence-electron chi connectivity index (χ0n) is 10.7. The van der Waals surface area contributed by atoms with Crippen molar-refractivity contribution in [3.63, 3.8) is 0 Å². The summed E-state index contributed by atoms with van der Waals surface area (Å²) >= 11 is 9.15. The molecule has 1 aromatic rings. The second kappa shape index (κ2) is 7.80. The monoisotopic (exact) mass is 331 g/mol. The van der Waals surface area contributed by atoms with Gasteiger partial charge in [-0.15, -0.1) is 11.6 Å². The van der Waals surface area contributed by atoms with Crippen molar-refractivity contribution in [3.05, 3.63) is 34.3 Å². The van der Waals surface area contributed by atoms with Crippen LogP contribution in [0.5, 0.6) is 0 Å². The first kappa shape index (κ1) is 15.5. The second-order valence-corrected chi connectivity index (χ2v) is 6.00. The molecule has 1 rings (SSSR count). The second-order valence-electron chi connectivity index (χ2n) is 4.70. The standard InChI is InChI=1S/C14H19BrClNO/c1-10(2)13(6-7-16)17-14(18)9-11-4-3-5-12(15)8-11/h3-5,8,10,13H,6-7,9H2,1-2H3,(H,17,18). The third-order valence-corrected chi connectivity index (χ3v) is 3.54. The van der Waals surface area contributed by atoms with E-state index in [1.54, 1.807) is 0 Å². The van der Waals surface area contributed by atoms with E-state index in [1.165, 1.54) is 0 Å². The quantitative estimate of drug-likeness (QED) is 0.790. The summed E-state index contributed by atoms with van der Waals surface area (Å²) in [5.41, 5.74) is 1.01. The average molecular weight is 333 g/mol. The molecule has 0 radical (unpaired) electrons. The van der Waals surface area contributed by atoms with Crippen molar-refractivity contribution in [2.45, 2.75) is 32.7 Å². The Hall–Kier alpha value is -0.540. The van der Waals surface area contributed by atoms with E-state index in [1.807, 2.05) is 24.3 Å². The van der Waals surface area contributed by atoms with Gasteiger partial charge in [0.25, 0.3) is 0 Å². The number of alkyl halides is 1. The smallest absolute Gasteiger partial charge is 0.224 e. The van der Waals surface area contributed by atoms with Gasteiger partial charge in [0.1, 0.15) is 0 Å². The van der Waals surface area contributed by atoms with Crippen molar-refractivity contribution in [2.75, 3.05) is 5.88 Å². The molecule has 0 aliphatic carbocycles. The van der Waals surface area contributed by atoms with Crippen LogP contribution in [0.3, 0.4) is 0 Å². The normalized spacial score (nSPS) is 12.5. The lowest BCUT2D eigenvalue weighted by Gasteiger charge is -2.21. The van der Waals surface area contributed by atoms with Gasteiger partial charge in [0.05, 0.1) is 6.42 Å². The molecule has 1 aromatic carbocycles. The first-order valence-corrected chi connectivity index (χ1v) is 7.45. The topological polar surface area (TPSA) is 29.1 Å². The van der Waals surface area contributed by atoms with Crippen LogP contribution in [0.2, 0.25) is 0 Å². The van der Waals surface area contributed by atoms with Crippen LogP contribution in [0, 0.1) is 5.92 Å². The molecule has 2 nitrogen and oxygen atoms in total. The number of halogens is 2. The molecule has 1 unspecified atom stereocenters. The maximum atomic E-state index is 11.9. The van der Waals surface area contributed by atoms with Crippen LogP contribution >= 0.6 is 27.5 Å². The first-order chi connectivity index (χ1) is 8.52. The number of amides is 1. The minimum absolute atomic E-state index is 0.0527. The fraction of sp³-hybridized carbons (Fsp3) is 0.500. The number of rotatable bonds is 6. The summed E-state index contributed by atoms with van der Waals surface area (Å²) in [5.74, 6) is 1.02. The third-order valence-electron chi connectivity index (χ3n) is 2.82. The van der Waals surface area contributed by atoms with E-state index >= 15 is 0 Å². The SMILES string of the molecule is CC(C)C(CCCl)NC(=O)Cc1cccc(Br)c1. The Morgan fingerprint density at radius 2 is 2.17 bits per heavy atom. The molecule has 18 heavy (non-hydrogen) atoms. The number of carbonyl (C=O) groups is 1. The van der Waals surface area contributed by atoms with Crippen LogP contribution in [-0.4, -0.2) is 17.8 Å². The largest absolute Gasteiger partial charge is 0.353 e. The van der Waals surface area contributed by atoms with Gasteiger partial charge in [-0.1, -0.05) is 41.9 Å². The minimum Gasteiger partial charge on any atom is -0.353 e. The molecule has 0 aliphatic heterocycles. The van der Waals surface area contributed by atoms with Crippen molar-refractivity contribution in [1.29, 1.82) is 0 Å².